The molecule has 1 aromatic carbocycles. The van der Waals surface area contributed by atoms with Crippen molar-refractivity contribution in [2.24, 2.45) is 0 Å². The van der Waals surface area contributed by atoms with Gasteiger partial charge in [0.1, 0.15) is 17.1 Å². The van der Waals surface area contributed by atoms with Crippen LogP contribution in [0.3, 0.4) is 0 Å². The number of fused-ring (bicyclic) bond motifs is 1. The molecule has 0 radical (unpaired) electrons. The second kappa shape index (κ2) is 8.74. The molecule has 0 saturated carbocycles. The van der Waals surface area contributed by atoms with Gasteiger partial charge in [0.05, 0.1) is 17.8 Å². The van der Waals surface area contributed by atoms with Gasteiger partial charge in [-0.2, -0.15) is 0 Å². The van der Waals surface area contributed by atoms with Gasteiger partial charge in [0.2, 0.25) is 0 Å². The molecule has 34 heavy (non-hydrogen) atoms. The largest absolute Gasteiger partial charge is 0.460 e. The number of carbonyl (C=O) groups excluding carboxylic acids is 1. The number of anilines is 1. The maximum absolute atomic E-state index is 13.0. The Hall–Kier alpha value is -4.59. The van der Waals surface area contributed by atoms with Crippen LogP contribution in [-0.2, 0) is 6.54 Å². The highest BCUT2D eigenvalue weighted by Gasteiger charge is 2.22. The summed E-state index contributed by atoms with van der Waals surface area (Å²) in [6.45, 7) is 4.00. The molecule has 5 aromatic rings. The molecule has 0 atom stereocenters. The summed E-state index contributed by atoms with van der Waals surface area (Å²) in [6.07, 6.45) is 1.74. The smallest absolute Gasteiger partial charge is 0.274 e. The third-order valence-corrected chi connectivity index (χ3v) is 5.36. The summed E-state index contributed by atoms with van der Waals surface area (Å²) in [5.41, 5.74) is 10.4. The van der Waals surface area contributed by atoms with Crippen LogP contribution in [0.1, 0.15) is 27.6 Å². The molecule has 0 bridgehead atoms. The van der Waals surface area contributed by atoms with E-state index in [1.165, 1.54) is 0 Å². The Labute approximate surface area is 195 Å². The molecule has 1 amide bonds. The number of aromatic nitrogens is 4. The number of carbonyl (C=O) groups is 1. The molecule has 4 heterocycles. The van der Waals surface area contributed by atoms with E-state index >= 15 is 0 Å². The van der Waals surface area contributed by atoms with Crippen molar-refractivity contribution in [1.82, 2.24) is 25.3 Å². The van der Waals surface area contributed by atoms with Crippen molar-refractivity contribution in [3.8, 4) is 22.7 Å². The first kappa shape index (κ1) is 21.3. The SMILES string of the molecule is Cc1cccc(CNC(=O)c2nc(-c3ccc4ncccc4c3)c(-c3ccc(C)o3)nc2N)n1. The predicted octanol–water partition coefficient (Wildman–Crippen LogP) is 4.48. The van der Waals surface area contributed by atoms with Gasteiger partial charge in [-0.3, -0.25) is 14.8 Å². The van der Waals surface area contributed by atoms with Gasteiger partial charge in [-0.05, 0) is 56.3 Å². The molecule has 3 N–H and O–H groups in total. The molecule has 168 valence electrons. The average Bonchev–Trinajstić information content (AvgIpc) is 3.28. The molecule has 0 saturated heterocycles. The van der Waals surface area contributed by atoms with Gasteiger partial charge in [0, 0.05) is 22.8 Å². The number of amides is 1. The number of nitrogens with two attached hydrogens (primary N) is 1. The van der Waals surface area contributed by atoms with Gasteiger partial charge in [-0.15, -0.1) is 0 Å². The quantitative estimate of drug-likeness (QED) is 0.405. The normalized spacial score (nSPS) is 11.0. The summed E-state index contributed by atoms with van der Waals surface area (Å²) in [6, 6.07) is 18.9. The second-order valence-corrected chi connectivity index (χ2v) is 7.93. The van der Waals surface area contributed by atoms with E-state index in [1.54, 1.807) is 6.20 Å². The Balaban J connectivity index is 1.57. The van der Waals surface area contributed by atoms with Crippen molar-refractivity contribution in [2.45, 2.75) is 20.4 Å². The predicted molar refractivity (Wildman–Crippen MR) is 130 cm³/mol. The van der Waals surface area contributed by atoms with Crippen LogP contribution in [0.15, 0.2) is 71.3 Å². The van der Waals surface area contributed by atoms with E-state index in [2.05, 4.69) is 25.3 Å². The highest BCUT2D eigenvalue weighted by Crippen LogP contribution is 2.33. The summed E-state index contributed by atoms with van der Waals surface area (Å²) in [5.74, 6) is 0.842. The molecule has 0 aliphatic rings. The molecule has 0 fully saturated rings. The minimum absolute atomic E-state index is 0.0185. The summed E-state index contributed by atoms with van der Waals surface area (Å²) < 4.78 is 5.81. The Kier molecular flexibility index (Phi) is 5.47. The fraction of sp³-hybridized carbons (Fsp3) is 0.115. The van der Waals surface area contributed by atoms with E-state index < -0.39 is 5.91 Å². The summed E-state index contributed by atoms with van der Waals surface area (Å²) in [7, 11) is 0. The molecule has 8 heteroatoms. The monoisotopic (exact) mass is 450 g/mol. The maximum atomic E-state index is 13.0. The number of nitrogen functional groups attached to an aromatic ring is 1. The van der Waals surface area contributed by atoms with Gasteiger partial charge < -0.3 is 15.5 Å². The lowest BCUT2D eigenvalue weighted by atomic mass is 10.0. The highest BCUT2D eigenvalue weighted by molar-refractivity contribution is 5.98. The van der Waals surface area contributed by atoms with Crippen LogP contribution in [-0.4, -0.2) is 25.8 Å². The van der Waals surface area contributed by atoms with Crippen molar-refractivity contribution in [3.63, 3.8) is 0 Å². The number of furan rings is 1. The molecule has 0 spiro atoms. The number of nitrogens with zero attached hydrogens (tertiary/aromatic N) is 4. The molecule has 8 nitrogen and oxygen atoms in total. The van der Waals surface area contributed by atoms with Crippen LogP contribution < -0.4 is 11.1 Å². The summed E-state index contributed by atoms with van der Waals surface area (Å²) in [4.78, 5) is 31.0. The van der Waals surface area contributed by atoms with Crippen molar-refractivity contribution in [1.29, 1.82) is 0 Å². The van der Waals surface area contributed by atoms with Crippen LogP contribution in [0.25, 0.3) is 33.6 Å². The van der Waals surface area contributed by atoms with Gasteiger partial charge in [0.25, 0.3) is 5.91 Å². The minimum Gasteiger partial charge on any atom is -0.460 e. The number of hydrogen-bond acceptors (Lipinski definition) is 7. The standard InChI is InChI=1S/C26H22N6O2/c1-15-5-3-7-19(30-15)14-29-26(33)24-25(27)32-23(21-11-8-16(2)34-21)22(31-24)18-9-10-20-17(13-18)6-4-12-28-20/h3-13H,14H2,1-2H3,(H2,27,32)(H,29,33). The zero-order chi connectivity index (χ0) is 23.7. The fourth-order valence-electron chi connectivity index (χ4n) is 3.73. The molecule has 0 aliphatic carbocycles. The molecule has 0 aliphatic heterocycles. The zero-order valence-electron chi connectivity index (χ0n) is 18.7. The summed E-state index contributed by atoms with van der Waals surface area (Å²) >= 11 is 0. The summed E-state index contributed by atoms with van der Waals surface area (Å²) in [5, 5.41) is 3.78. The lowest BCUT2D eigenvalue weighted by molar-refractivity contribution is 0.0946. The van der Waals surface area contributed by atoms with Gasteiger partial charge >= 0.3 is 0 Å². The molecule has 0 unspecified atom stereocenters. The van der Waals surface area contributed by atoms with E-state index in [0.717, 1.165) is 33.6 Å². The average molecular weight is 451 g/mol. The first-order chi connectivity index (χ1) is 16.5. The fourth-order valence-corrected chi connectivity index (χ4v) is 3.73. The lowest BCUT2D eigenvalue weighted by Gasteiger charge is -2.12. The van der Waals surface area contributed by atoms with E-state index in [0.29, 0.717) is 17.1 Å². The number of pyridine rings is 2. The maximum Gasteiger partial charge on any atom is 0.274 e. The third kappa shape index (κ3) is 4.21. The number of aryl methyl sites for hydroxylation is 2. The van der Waals surface area contributed by atoms with Crippen LogP contribution in [0.2, 0.25) is 0 Å². The topological polar surface area (TPSA) is 120 Å². The van der Waals surface area contributed by atoms with Crippen LogP contribution in [0.4, 0.5) is 5.82 Å². The van der Waals surface area contributed by atoms with Gasteiger partial charge in [-0.1, -0.05) is 18.2 Å². The number of nitrogens with one attached hydrogen (secondary N) is 1. The van der Waals surface area contributed by atoms with Crippen molar-refractivity contribution in [3.05, 3.63) is 89.7 Å². The Morgan fingerprint density at radius 1 is 0.971 bits per heavy atom. The molecular weight excluding hydrogens is 428 g/mol. The minimum atomic E-state index is -0.431. The Bertz CT molecular complexity index is 1530. The van der Waals surface area contributed by atoms with Crippen LogP contribution >= 0.6 is 0 Å². The molecule has 5 rings (SSSR count). The van der Waals surface area contributed by atoms with Crippen molar-refractivity contribution in [2.75, 3.05) is 5.73 Å². The first-order valence-electron chi connectivity index (χ1n) is 10.8. The Morgan fingerprint density at radius 3 is 2.65 bits per heavy atom. The lowest BCUT2D eigenvalue weighted by Crippen LogP contribution is -2.26. The van der Waals surface area contributed by atoms with Gasteiger partial charge in [0.15, 0.2) is 17.3 Å². The van der Waals surface area contributed by atoms with Gasteiger partial charge in [-0.25, -0.2) is 9.97 Å². The number of benzene rings is 1. The highest BCUT2D eigenvalue weighted by atomic mass is 16.3. The van der Waals surface area contributed by atoms with E-state index in [4.69, 9.17) is 10.2 Å². The molecule has 4 aromatic heterocycles. The van der Waals surface area contributed by atoms with E-state index in [-0.39, 0.29) is 18.1 Å². The second-order valence-electron chi connectivity index (χ2n) is 7.93. The van der Waals surface area contributed by atoms with Crippen LogP contribution in [0, 0.1) is 13.8 Å². The van der Waals surface area contributed by atoms with E-state index in [9.17, 15) is 4.79 Å². The number of hydrogen-bond donors (Lipinski definition) is 2. The van der Waals surface area contributed by atoms with Crippen LogP contribution in [0.5, 0.6) is 0 Å². The molecular formula is C26H22N6O2. The van der Waals surface area contributed by atoms with Crippen molar-refractivity contribution >= 4 is 22.6 Å². The zero-order valence-corrected chi connectivity index (χ0v) is 18.7. The Morgan fingerprint density at radius 2 is 1.85 bits per heavy atom. The third-order valence-electron chi connectivity index (χ3n) is 5.36. The van der Waals surface area contributed by atoms with E-state index in [1.807, 2.05) is 74.5 Å². The first-order valence-corrected chi connectivity index (χ1v) is 10.8. The van der Waals surface area contributed by atoms with Crippen molar-refractivity contribution < 1.29 is 9.21 Å². The number of rotatable bonds is 5.